The molecule has 1 saturated heterocycles. The highest BCUT2D eigenvalue weighted by Crippen LogP contribution is 2.66. The Hall–Kier alpha value is -5.01. The number of hydrogen-bond acceptors (Lipinski definition) is 23. The number of carboxylic acid groups (broad SMARTS) is 1. The van der Waals surface area contributed by atoms with Crippen LogP contribution in [-0.4, -0.2) is 176 Å². The van der Waals surface area contributed by atoms with Crippen molar-refractivity contribution in [2.75, 3.05) is 91.1 Å². The normalized spacial score (nSPS) is 19.5. The van der Waals surface area contributed by atoms with Crippen LogP contribution >= 0.6 is 45.1 Å². The number of allylic oxidation sites excluding steroid dienone is 3. The number of phosphoric acid groups is 3. The number of aromatic amines is 1. The zero-order chi connectivity index (χ0) is 72.7. The van der Waals surface area contributed by atoms with Crippen LogP contribution < -0.4 is 21.3 Å². The molecule has 3 aromatic rings. The van der Waals surface area contributed by atoms with Gasteiger partial charge in [0.05, 0.1) is 63.7 Å². The van der Waals surface area contributed by atoms with E-state index >= 15 is 0 Å². The van der Waals surface area contributed by atoms with Crippen LogP contribution in [0.5, 0.6) is 5.75 Å². The van der Waals surface area contributed by atoms with Gasteiger partial charge in [0.2, 0.25) is 5.71 Å². The number of unbranched alkanes of at least 4 members (excludes halogenated alkanes) is 1. The Morgan fingerprint density at radius 2 is 1.64 bits per heavy atom. The first-order valence-electron chi connectivity index (χ1n) is 31.8. The smallest absolute Gasteiger partial charge is 0.478 e. The quantitative estimate of drug-likeness (QED) is 0.00408. The average molecular weight is 1520 g/mol. The van der Waals surface area contributed by atoms with Gasteiger partial charge in [-0.2, -0.15) is 8.62 Å². The summed E-state index contributed by atoms with van der Waals surface area (Å²) >= 11 is 5.16. The van der Waals surface area contributed by atoms with E-state index < -0.39 is 93.2 Å². The highest BCUT2D eigenvalue weighted by molar-refractivity contribution is 8.77. The maximum Gasteiger partial charge on any atom is 0.490 e. The summed E-state index contributed by atoms with van der Waals surface area (Å²) in [6.45, 7) is 14.4. The van der Waals surface area contributed by atoms with Gasteiger partial charge in [0.25, 0.3) is 5.56 Å². The molecule has 1 amide bonds. The Bertz CT molecular complexity index is 3810. The number of rotatable bonds is 41. The number of hydrogen-bond donors (Lipinski definition) is 7. The molecule has 2 aromatic carbocycles. The molecular formula is C63H88N4O25P3S4+. The van der Waals surface area contributed by atoms with Crippen LogP contribution in [0, 0.1) is 24.7 Å². The molecule has 5 unspecified atom stereocenters. The number of H-pyrrole nitrogens is 1. The molecule has 1 aromatic heterocycles. The minimum atomic E-state index is -5.80. The lowest BCUT2D eigenvalue weighted by atomic mass is 9.72. The number of Topliss-reactive ketones (excluding diaryl/α,β-unsaturated/α-hetero) is 1. The largest absolute Gasteiger partial charge is 0.490 e. The van der Waals surface area contributed by atoms with E-state index in [-0.39, 0.29) is 98.8 Å². The average Bonchev–Trinajstić information content (AvgIpc) is 0.862. The van der Waals surface area contributed by atoms with Crippen molar-refractivity contribution in [3.63, 3.8) is 0 Å². The maximum absolute atomic E-state index is 13.7. The number of carbonyl (C=O) groups is 4. The van der Waals surface area contributed by atoms with E-state index in [1.807, 2.05) is 20.9 Å². The summed E-state index contributed by atoms with van der Waals surface area (Å²) < 4.78 is 96.2. The van der Waals surface area contributed by atoms with E-state index in [9.17, 15) is 57.4 Å². The molecule has 1 aliphatic carbocycles. The van der Waals surface area contributed by atoms with Gasteiger partial charge >= 0.3 is 47.2 Å². The summed E-state index contributed by atoms with van der Waals surface area (Å²) in [5, 5.41) is 13.2. The molecule has 99 heavy (non-hydrogen) atoms. The monoisotopic (exact) mass is 1520 g/mol. The van der Waals surface area contributed by atoms with Crippen molar-refractivity contribution in [2.45, 2.75) is 135 Å². The number of alkyl carbamates (subject to hydrolysis) is 1. The van der Waals surface area contributed by atoms with E-state index in [0.29, 0.717) is 61.7 Å². The second kappa shape index (κ2) is 39.6. The third-order valence-electron chi connectivity index (χ3n) is 15.5. The molecule has 0 saturated carbocycles. The molecule has 3 aliphatic rings. The zero-order valence-electron chi connectivity index (χ0n) is 56.3. The van der Waals surface area contributed by atoms with E-state index in [2.05, 4.69) is 87.3 Å². The molecule has 0 spiro atoms. The minimum absolute atomic E-state index is 0.000466. The van der Waals surface area contributed by atoms with Gasteiger partial charge in [-0.25, -0.2) is 32.7 Å². The Labute approximate surface area is 589 Å². The lowest BCUT2D eigenvalue weighted by Crippen LogP contribution is -2.33. The molecule has 0 radical (unpaired) electrons. The number of benzene rings is 2. The second-order valence-electron chi connectivity index (χ2n) is 23.7. The molecular weight excluding hydrogens is 1430 g/mol. The number of ether oxygens (including phenoxy) is 8. The first kappa shape index (κ1) is 82.9. The van der Waals surface area contributed by atoms with Crippen LogP contribution in [0.25, 0.3) is 0 Å². The van der Waals surface area contributed by atoms with E-state index in [4.69, 9.17) is 63.4 Å². The highest BCUT2D eigenvalue weighted by Gasteiger charge is 2.45. The van der Waals surface area contributed by atoms with E-state index in [1.165, 1.54) is 22.4 Å². The van der Waals surface area contributed by atoms with E-state index in [0.717, 1.165) is 58.3 Å². The number of aryl methyl sites for hydroxylation is 2. The van der Waals surface area contributed by atoms with Crippen molar-refractivity contribution in [3.05, 3.63) is 120 Å². The number of carbonyl (C=O) groups excluding carboxylic acids is 3. The summed E-state index contributed by atoms with van der Waals surface area (Å²) in [6, 6.07) is 9.08. The van der Waals surface area contributed by atoms with Crippen LogP contribution in [-0.2, 0) is 91.9 Å². The van der Waals surface area contributed by atoms with Crippen molar-refractivity contribution in [3.8, 4) is 17.6 Å². The zero-order valence-corrected chi connectivity index (χ0v) is 62.3. The van der Waals surface area contributed by atoms with Crippen molar-refractivity contribution in [1.29, 1.82) is 0 Å². The molecule has 3 heterocycles. The van der Waals surface area contributed by atoms with Crippen molar-refractivity contribution >= 4 is 95.2 Å². The van der Waals surface area contributed by atoms with E-state index in [1.54, 1.807) is 29.2 Å². The van der Waals surface area contributed by atoms with Crippen molar-refractivity contribution in [2.24, 2.45) is 5.92 Å². The van der Waals surface area contributed by atoms with Crippen molar-refractivity contribution < 1.29 is 113 Å². The van der Waals surface area contributed by atoms with Crippen molar-refractivity contribution in [1.82, 2.24) is 14.9 Å². The molecule has 548 valence electrons. The first-order valence-corrected chi connectivity index (χ1v) is 41.4. The predicted molar refractivity (Wildman–Crippen MR) is 374 cm³/mol. The van der Waals surface area contributed by atoms with Crippen LogP contribution in [0.15, 0.2) is 69.6 Å². The van der Waals surface area contributed by atoms with Gasteiger partial charge < -0.3 is 67.9 Å². The molecule has 8 atom stereocenters. The second-order valence-corrected chi connectivity index (χ2v) is 34.2. The predicted octanol–water partition coefficient (Wildman–Crippen LogP) is 8.67. The SMILES string of the molecule is CCCc1cc2c(cc1C)C(c1cc(C(=O)CCCOCCOCCNC(=O)OCCC(C)(C)SSCOCCCCOC(=O)CCC#Cc3cn([C@H]4C[C@H](OCS(C)=S)[C@@H](COP(=O)(O)OP(=O)(O)OP(=O)(O)O)O4)c(=O)[nH]c3=O)ccc1C(=O)O)C1C=C(C)C(=[N+](C)CC)C=C1O2. The number of phosphoric ester groups is 1. The number of fused-ring (bicyclic) bond motifs is 2. The number of aromatic carboxylic acids is 1. The number of nitrogens with zero attached hydrogens (tertiary/aromatic N) is 2. The lowest BCUT2D eigenvalue weighted by Gasteiger charge is -2.37. The lowest BCUT2D eigenvalue weighted by molar-refractivity contribution is -0.492. The Kier molecular flexibility index (Phi) is 33.2. The molecule has 0 bridgehead atoms. The molecule has 1 fully saturated rings. The third-order valence-corrected chi connectivity index (χ3v) is 23.0. The third kappa shape index (κ3) is 27.3. The van der Waals surface area contributed by atoms with Gasteiger partial charge in [0.15, 0.2) is 5.78 Å². The summed E-state index contributed by atoms with van der Waals surface area (Å²) in [7, 11) is -12.5. The Morgan fingerprint density at radius 3 is 2.34 bits per heavy atom. The van der Waals surface area contributed by atoms with Gasteiger partial charge in [-0.05, 0) is 119 Å². The minimum Gasteiger partial charge on any atom is -0.478 e. The topological polar surface area (TPSA) is 392 Å². The summed E-state index contributed by atoms with van der Waals surface area (Å²) in [5.41, 5.74) is 4.46. The molecule has 2 aliphatic heterocycles. The number of amides is 1. The van der Waals surface area contributed by atoms with Gasteiger partial charge in [-0.15, -0.1) is 0 Å². The van der Waals surface area contributed by atoms with Gasteiger partial charge in [-0.1, -0.05) is 74.4 Å². The summed E-state index contributed by atoms with van der Waals surface area (Å²) in [5.74, 6) is 4.73. The highest BCUT2D eigenvalue weighted by atomic mass is 33.1. The fourth-order valence-corrected chi connectivity index (χ4v) is 16.4. The summed E-state index contributed by atoms with van der Waals surface area (Å²) in [6.07, 6.45) is 7.05. The number of nitrogens with one attached hydrogen (secondary N) is 2. The van der Waals surface area contributed by atoms with Gasteiger partial charge in [0.1, 0.15) is 48.9 Å². The fraction of sp³-hybridized carbons (Fsp3) is 0.571. The Morgan fingerprint density at radius 1 is 0.909 bits per heavy atom. The standard InChI is InChI=1S/C63H87N4O25P3S4/c1-9-16-43-34-52-48(31-41(43)3)58(49-32-42(4)50(66(7)10-2)35-53(49)89-52)47-33-44(20-21-46(47)60(71)72)51(68)18-15-25-82-29-30-83-28-23-64-62(74)86-27-22-63(5,6)98-97-39-84-24-13-14-26-85-57(69)19-12-11-17-45-37-67(61(73)65-59(45)70)56-36-54(87-40-99(8)96)55(90-56)38-88-94(78,79)92-95(80,81)91-93(75,76)77/h20-21,31-35,37,49,54-56,58H,9-10,12-16,18-19,22-30,36,38-40H2,1-8H3,(H6-,64,65,70,71,72,73,74,75,76,77,78,79,80,81)/p+1/t49?,54-,55+,56+,58?,99?/m0/s1. The van der Waals surface area contributed by atoms with Crippen LogP contribution in [0.4, 0.5) is 4.79 Å². The number of ketones is 1. The van der Waals surface area contributed by atoms with Gasteiger partial charge in [-0.3, -0.25) is 28.5 Å². The first-order chi connectivity index (χ1) is 46.8. The van der Waals surface area contributed by atoms with Crippen LogP contribution in [0.2, 0.25) is 0 Å². The van der Waals surface area contributed by atoms with Crippen LogP contribution in [0.3, 0.4) is 0 Å². The molecule has 6 rings (SSSR count). The number of esters is 1. The number of carboxylic acids is 1. The Balaban J connectivity index is 0.797. The van der Waals surface area contributed by atoms with Gasteiger partial charge in [0, 0.05) is 84.6 Å². The molecule has 29 nitrogen and oxygen atoms in total. The maximum atomic E-state index is 13.7. The number of aromatic nitrogens is 2. The van der Waals surface area contributed by atoms with Crippen LogP contribution in [0.1, 0.15) is 153 Å². The molecule has 7 N–H and O–H groups in total. The summed E-state index contributed by atoms with van der Waals surface area (Å²) in [4.78, 5) is 116. The molecule has 36 heteroatoms. The fourth-order valence-electron chi connectivity index (χ4n) is 10.5.